The van der Waals surface area contributed by atoms with Crippen molar-refractivity contribution in [1.82, 2.24) is 15.0 Å². The van der Waals surface area contributed by atoms with Gasteiger partial charge in [-0.05, 0) is 61.2 Å². The third-order valence-electron chi connectivity index (χ3n) is 4.43. The van der Waals surface area contributed by atoms with Gasteiger partial charge >= 0.3 is 0 Å². The number of H-pyrrole nitrogens is 1. The molecule has 2 aromatic carbocycles. The van der Waals surface area contributed by atoms with E-state index in [9.17, 15) is 4.39 Å². The number of aromatic nitrogens is 3. The molecule has 0 aliphatic carbocycles. The van der Waals surface area contributed by atoms with E-state index in [1.165, 1.54) is 17.0 Å². The number of halogens is 1. The Morgan fingerprint density at radius 3 is 2.26 bits per heavy atom. The van der Waals surface area contributed by atoms with E-state index in [0.717, 1.165) is 39.6 Å². The Morgan fingerprint density at radius 1 is 0.889 bits per heavy atom. The standard InChI is InChI=1S/C22H18FN3S/c1-14-4-3-13-24-19(14)21-20(15-5-9-17(23)10-6-15)25-22(26-21)16-7-11-18(27-2)12-8-16/h3-13H,1-2H3,(H,25,26). The molecular formula is C22H18FN3S. The molecule has 0 aliphatic rings. The highest BCUT2D eigenvalue weighted by Gasteiger charge is 2.17. The Kier molecular flexibility index (Phi) is 4.77. The third kappa shape index (κ3) is 3.51. The van der Waals surface area contributed by atoms with Gasteiger partial charge in [0.05, 0.1) is 17.1 Å². The molecular weight excluding hydrogens is 357 g/mol. The molecule has 4 aromatic rings. The molecule has 1 N–H and O–H groups in total. The van der Waals surface area contributed by atoms with Gasteiger partial charge in [-0.25, -0.2) is 9.37 Å². The Labute approximate surface area is 161 Å². The molecule has 2 heterocycles. The number of benzene rings is 2. The lowest BCUT2D eigenvalue weighted by Crippen LogP contribution is -1.90. The van der Waals surface area contributed by atoms with E-state index in [2.05, 4.69) is 28.4 Å². The van der Waals surface area contributed by atoms with Crippen LogP contribution in [0.3, 0.4) is 0 Å². The molecule has 0 atom stereocenters. The van der Waals surface area contributed by atoms with Gasteiger partial charge in [-0.1, -0.05) is 18.2 Å². The molecule has 27 heavy (non-hydrogen) atoms. The van der Waals surface area contributed by atoms with Crippen LogP contribution in [0.5, 0.6) is 0 Å². The summed E-state index contributed by atoms with van der Waals surface area (Å²) in [5.41, 5.74) is 5.34. The fourth-order valence-corrected chi connectivity index (χ4v) is 3.40. The lowest BCUT2D eigenvalue weighted by atomic mass is 10.1. The lowest BCUT2D eigenvalue weighted by Gasteiger charge is -2.05. The molecule has 0 aliphatic heterocycles. The fourth-order valence-electron chi connectivity index (χ4n) is 2.99. The van der Waals surface area contributed by atoms with Gasteiger partial charge in [0, 0.05) is 22.2 Å². The van der Waals surface area contributed by atoms with Crippen molar-refractivity contribution in [3.05, 3.63) is 78.2 Å². The molecule has 3 nitrogen and oxygen atoms in total. The number of hydrogen-bond donors (Lipinski definition) is 1. The number of nitrogens with one attached hydrogen (secondary N) is 1. The van der Waals surface area contributed by atoms with E-state index in [1.807, 2.05) is 31.2 Å². The maximum atomic E-state index is 13.4. The summed E-state index contributed by atoms with van der Waals surface area (Å²) in [6, 6.07) is 18.6. The normalized spacial score (nSPS) is 10.9. The number of rotatable bonds is 4. The number of hydrogen-bond acceptors (Lipinski definition) is 3. The maximum Gasteiger partial charge on any atom is 0.138 e. The third-order valence-corrected chi connectivity index (χ3v) is 5.17. The van der Waals surface area contributed by atoms with Gasteiger partial charge in [-0.2, -0.15) is 0 Å². The summed E-state index contributed by atoms with van der Waals surface area (Å²) in [5, 5.41) is 0. The van der Waals surface area contributed by atoms with Crippen molar-refractivity contribution < 1.29 is 4.39 Å². The summed E-state index contributed by atoms with van der Waals surface area (Å²) in [4.78, 5) is 14.0. The van der Waals surface area contributed by atoms with Gasteiger partial charge in [0.15, 0.2) is 0 Å². The first-order valence-electron chi connectivity index (χ1n) is 8.58. The molecule has 0 spiro atoms. The summed E-state index contributed by atoms with van der Waals surface area (Å²) in [6.07, 6.45) is 3.82. The quantitative estimate of drug-likeness (QED) is 0.446. The van der Waals surface area contributed by atoms with E-state index >= 15 is 0 Å². The Morgan fingerprint density at radius 2 is 1.59 bits per heavy atom. The van der Waals surface area contributed by atoms with Crippen LogP contribution in [0.4, 0.5) is 4.39 Å². The Bertz CT molecular complexity index is 1070. The Balaban J connectivity index is 1.88. The molecule has 134 valence electrons. The van der Waals surface area contributed by atoms with Gasteiger partial charge in [-0.3, -0.25) is 4.98 Å². The van der Waals surface area contributed by atoms with Gasteiger partial charge in [0.1, 0.15) is 11.6 Å². The average Bonchev–Trinajstić information content (AvgIpc) is 3.14. The number of imidazole rings is 1. The molecule has 0 amide bonds. The van der Waals surface area contributed by atoms with Crippen LogP contribution in [0.25, 0.3) is 34.0 Å². The number of pyridine rings is 1. The van der Waals surface area contributed by atoms with Crippen LogP contribution in [-0.2, 0) is 0 Å². The number of aryl methyl sites for hydroxylation is 1. The number of thioether (sulfide) groups is 1. The van der Waals surface area contributed by atoms with Crippen LogP contribution in [0.2, 0.25) is 0 Å². The van der Waals surface area contributed by atoms with Crippen LogP contribution < -0.4 is 0 Å². The van der Waals surface area contributed by atoms with E-state index in [1.54, 1.807) is 30.1 Å². The van der Waals surface area contributed by atoms with Crippen LogP contribution in [0.15, 0.2) is 71.8 Å². The summed E-state index contributed by atoms with van der Waals surface area (Å²) in [6.45, 7) is 2.02. The molecule has 0 fully saturated rings. The van der Waals surface area contributed by atoms with Crippen molar-refractivity contribution in [3.63, 3.8) is 0 Å². The Hall–Kier alpha value is -2.92. The van der Waals surface area contributed by atoms with Gasteiger partial charge in [-0.15, -0.1) is 11.8 Å². The fraction of sp³-hybridized carbons (Fsp3) is 0.0909. The average molecular weight is 375 g/mol. The van der Waals surface area contributed by atoms with Crippen LogP contribution in [0, 0.1) is 12.7 Å². The monoisotopic (exact) mass is 375 g/mol. The largest absolute Gasteiger partial charge is 0.336 e. The van der Waals surface area contributed by atoms with Crippen molar-refractivity contribution in [3.8, 4) is 34.0 Å². The second-order valence-electron chi connectivity index (χ2n) is 6.21. The SMILES string of the molecule is CSc1ccc(-c2nc(-c3ccc(F)cc3)c(-c3ncccc3C)[nH]2)cc1. The van der Waals surface area contributed by atoms with Gasteiger partial charge < -0.3 is 4.98 Å². The highest BCUT2D eigenvalue weighted by molar-refractivity contribution is 7.98. The van der Waals surface area contributed by atoms with Gasteiger partial charge in [0.2, 0.25) is 0 Å². The van der Waals surface area contributed by atoms with Crippen LogP contribution in [0.1, 0.15) is 5.56 Å². The van der Waals surface area contributed by atoms with E-state index in [0.29, 0.717) is 0 Å². The molecule has 0 saturated heterocycles. The number of nitrogens with zero attached hydrogens (tertiary/aromatic N) is 2. The predicted octanol–water partition coefficient (Wildman–Crippen LogP) is 5.98. The van der Waals surface area contributed by atoms with E-state index < -0.39 is 0 Å². The molecule has 2 aromatic heterocycles. The smallest absolute Gasteiger partial charge is 0.138 e. The van der Waals surface area contributed by atoms with Gasteiger partial charge in [0.25, 0.3) is 0 Å². The molecule has 4 rings (SSSR count). The maximum absolute atomic E-state index is 13.4. The zero-order chi connectivity index (χ0) is 18.8. The van der Waals surface area contributed by atoms with E-state index in [-0.39, 0.29) is 5.82 Å². The molecule has 0 saturated carbocycles. The second kappa shape index (κ2) is 7.37. The van der Waals surface area contributed by atoms with E-state index in [4.69, 9.17) is 4.98 Å². The lowest BCUT2D eigenvalue weighted by molar-refractivity contribution is 0.628. The zero-order valence-corrected chi connectivity index (χ0v) is 15.8. The van der Waals surface area contributed by atoms with Crippen molar-refractivity contribution in [1.29, 1.82) is 0 Å². The first-order chi connectivity index (χ1) is 13.2. The predicted molar refractivity (Wildman–Crippen MR) is 109 cm³/mol. The minimum absolute atomic E-state index is 0.266. The summed E-state index contributed by atoms with van der Waals surface area (Å²) >= 11 is 1.70. The minimum atomic E-state index is -0.266. The summed E-state index contributed by atoms with van der Waals surface area (Å²) in [7, 11) is 0. The highest BCUT2D eigenvalue weighted by atomic mass is 32.2. The van der Waals surface area contributed by atoms with Crippen LogP contribution in [-0.4, -0.2) is 21.2 Å². The second-order valence-corrected chi connectivity index (χ2v) is 7.09. The van der Waals surface area contributed by atoms with Crippen LogP contribution >= 0.6 is 11.8 Å². The van der Waals surface area contributed by atoms with Crippen molar-refractivity contribution in [2.24, 2.45) is 0 Å². The summed E-state index contributed by atoms with van der Waals surface area (Å²) < 4.78 is 13.4. The molecule has 0 bridgehead atoms. The number of aromatic amines is 1. The molecule has 0 unspecified atom stereocenters. The summed E-state index contributed by atoms with van der Waals surface area (Å²) in [5.74, 6) is 0.500. The highest BCUT2D eigenvalue weighted by Crippen LogP contribution is 2.33. The van der Waals surface area contributed by atoms with Crippen molar-refractivity contribution >= 4 is 11.8 Å². The van der Waals surface area contributed by atoms with Crippen molar-refractivity contribution in [2.45, 2.75) is 11.8 Å². The minimum Gasteiger partial charge on any atom is -0.336 e. The first-order valence-corrected chi connectivity index (χ1v) is 9.80. The van der Waals surface area contributed by atoms with Crippen molar-refractivity contribution in [2.75, 3.05) is 6.26 Å². The first kappa shape index (κ1) is 17.5. The molecule has 0 radical (unpaired) electrons. The molecule has 5 heteroatoms. The topological polar surface area (TPSA) is 41.6 Å². The zero-order valence-electron chi connectivity index (χ0n) is 15.0.